The van der Waals surface area contributed by atoms with E-state index in [0.717, 1.165) is 17.4 Å². The minimum Gasteiger partial charge on any atom is -0.380 e. The molecule has 1 nitrogen and oxygen atoms in total. The summed E-state index contributed by atoms with van der Waals surface area (Å²) in [5.41, 5.74) is 1.81. The third-order valence-corrected chi connectivity index (χ3v) is 4.20. The van der Waals surface area contributed by atoms with Gasteiger partial charge in [-0.25, -0.2) is 4.39 Å². The average Bonchev–Trinajstić information content (AvgIpc) is 2.85. The van der Waals surface area contributed by atoms with Crippen LogP contribution in [-0.4, -0.2) is 6.04 Å². The number of benzene rings is 1. The highest BCUT2D eigenvalue weighted by molar-refractivity contribution is 5.48. The molecule has 0 spiro atoms. The Hall–Kier alpha value is -1.05. The van der Waals surface area contributed by atoms with E-state index in [1.54, 1.807) is 6.07 Å². The summed E-state index contributed by atoms with van der Waals surface area (Å²) in [6.07, 6.45) is 5.30. The number of nitrogens with one attached hydrogen (secondary N) is 1. The SMILES string of the molecule is Cc1ccc(F)c(NC2CC3CCC2C3)c1. The quantitative estimate of drug-likeness (QED) is 0.799. The second-order valence-corrected chi connectivity index (χ2v) is 5.41. The van der Waals surface area contributed by atoms with Gasteiger partial charge in [0.2, 0.25) is 0 Å². The number of anilines is 1. The van der Waals surface area contributed by atoms with Gasteiger partial charge in [0.25, 0.3) is 0 Å². The summed E-state index contributed by atoms with van der Waals surface area (Å²) >= 11 is 0. The van der Waals surface area contributed by atoms with Gasteiger partial charge < -0.3 is 5.32 Å². The molecule has 2 fully saturated rings. The number of fused-ring (bicyclic) bond motifs is 2. The largest absolute Gasteiger partial charge is 0.380 e. The summed E-state index contributed by atoms with van der Waals surface area (Å²) in [6, 6.07) is 5.81. The van der Waals surface area contributed by atoms with Gasteiger partial charge in [0, 0.05) is 6.04 Å². The molecule has 2 bridgehead atoms. The van der Waals surface area contributed by atoms with Gasteiger partial charge in [0.05, 0.1) is 5.69 Å². The maximum absolute atomic E-state index is 13.6. The molecule has 1 aromatic carbocycles. The Labute approximate surface area is 96.1 Å². The van der Waals surface area contributed by atoms with Crippen LogP contribution in [0, 0.1) is 24.6 Å². The van der Waals surface area contributed by atoms with E-state index in [2.05, 4.69) is 5.32 Å². The van der Waals surface area contributed by atoms with Crippen LogP contribution in [0.1, 0.15) is 31.2 Å². The lowest BCUT2D eigenvalue weighted by Crippen LogP contribution is -2.26. The first-order valence-electron chi connectivity index (χ1n) is 6.25. The Kier molecular flexibility index (Phi) is 2.38. The van der Waals surface area contributed by atoms with Gasteiger partial charge in [-0.3, -0.25) is 0 Å². The van der Waals surface area contributed by atoms with Crippen LogP contribution in [0.3, 0.4) is 0 Å². The van der Waals surface area contributed by atoms with Crippen molar-refractivity contribution in [3.8, 4) is 0 Å². The number of aryl methyl sites for hydroxylation is 1. The topological polar surface area (TPSA) is 12.0 Å². The van der Waals surface area contributed by atoms with Crippen molar-refractivity contribution in [3.63, 3.8) is 0 Å². The zero-order chi connectivity index (χ0) is 11.1. The average molecular weight is 219 g/mol. The van der Waals surface area contributed by atoms with Crippen molar-refractivity contribution in [2.75, 3.05) is 5.32 Å². The van der Waals surface area contributed by atoms with Crippen molar-refractivity contribution in [3.05, 3.63) is 29.6 Å². The standard InChI is InChI=1S/C14H18FN/c1-9-2-5-12(15)14(6-9)16-13-8-10-3-4-11(13)7-10/h2,5-6,10-11,13,16H,3-4,7-8H2,1H3. The molecule has 2 heteroatoms. The van der Waals surface area contributed by atoms with Crippen molar-refractivity contribution >= 4 is 5.69 Å². The monoisotopic (exact) mass is 219 g/mol. The molecule has 0 aliphatic heterocycles. The lowest BCUT2D eigenvalue weighted by atomic mass is 9.95. The molecule has 0 heterocycles. The predicted molar refractivity (Wildman–Crippen MR) is 64.0 cm³/mol. The molecule has 3 unspecified atom stereocenters. The summed E-state index contributed by atoms with van der Waals surface area (Å²) in [5, 5.41) is 3.41. The first-order valence-corrected chi connectivity index (χ1v) is 6.25. The molecule has 0 radical (unpaired) electrons. The Morgan fingerprint density at radius 3 is 2.81 bits per heavy atom. The van der Waals surface area contributed by atoms with Crippen LogP contribution < -0.4 is 5.32 Å². The maximum atomic E-state index is 13.6. The highest BCUT2D eigenvalue weighted by Gasteiger charge is 2.39. The minimum absolute atomic E-state index is 0.117. The fraction of sp³-hybridized carbons (Fsp3) is 0.571. The van der Waals surface area contributed by atoms with Crippen molar-refractivity contribution in [1.29, 1.82) is 0 Å². The van der Waals surface area contributed by atoms with Crippen LogP contribution in [0.4, 0.5) is 10.1 Å². The van der Waals surface area contributed by atoms with E-state index in [1.165, 1.54) is 25.7 Å². The molecular formula is C14H18FN. The molecule has 86 valence electrons. The van der Waals surface area contributed by atoms with E-state index >= 15 is 0 Å². The van der Waals surface area contributed by atoms with Crippen LogP contribution in [0.15, 0.2) is 18.2 Å². The molecular weight excluding hydrogens is 201 g/mol. The smallest absolute Gasteiger partial charge is 0.146 e. The van der Waals surface area contributed by atoms with Crippen LogP contribution in [0.25, 0.3) is 0 Å². The molecule has 2 saturated carbocycles. The fourth-order valence-electron chi connectivity index (χ4n) is 3.37. The molecule has 0 aromatic heterocycles. The highest BCUT2D eigenvalue weighted by atomic mass is 19.1. The second-order valence-electron chi connectivity index (χ2n) is 5.41. The molecule has 0 saturated heterocycles. The summed E-state index contributed by atoms with van der Waals surface area (Å²) in [7, 11) is 0. The molecule has 3 rings (SSSR count). The van der Waals surface area contributed by atoms with E-state index in [0.29, 0.717) is 11.7 Å². The van der Waals surface area contributed by atoms with Gasteiger partial charge in [-0.1, -0.05) is 12.5 Å². The van der Waals surface area contributed by atoms with Crippen LogP contribution in [-0.2, 0) is 0 Å². The van der Waals surface area contributed by atoms with E-state index in [-0.39, 0.29) is 5.82 Å². The van der Waals surface area contributed by atoms with Gasteiger partial charge in [-0.05, 0) is 55.7 Å². The normalized spacial score (nSPS) is 32.0. The summed E-state index contributed by atoms with van der Waals surface area (Å²) < 4.78 is 13.6. The molecule has 2 aliphatic rings. The maximum Gasteiger partial charge on any atom is 0.146 e. The zero-order valence-corrected chi connectivity index (χ0v) is 9.67. The summed E-state index contributed by atoms with van der Waals surface area (Å²) in [4.78, 5) is 0. The lowest BCUT2D eigenvalue weighted by molar-refractivity contribution is 0.438. The third kappa shape index (κ3) is 1.70. The van der Waals surface area contributed by atoms with Crippen molar-refractivity contribution in [1.82, 2.24) is 0 Å². The van der Waals surface area contributed by atoms with E-state index < -0.39 is 0 Å². The second kappa shape index (κ2) is 3.76. The number of hydrogen-bond acceptors (Lipinski definition) is 1. The van der Waals surface area contributed by atoms with Crippen molar-refractivity contribution in [2.45, 2.75) is 38.6 Å². The third-order valence-electron chi connectivity index (χ3n) is 4.20. The summed E-state index contributed by atoms with van der Waals surface area (Å²) in [6.45, 7) is 2.01. The minimum atomic E-state index is -0.117. The summed E-state index contributed by atoms with van der Waals surface area (Å²) in [5.74, 6) is 1.56. The molecule has 3 atom stereocenters. The first-order chi connectivity index (χ1) is 7.72. The Morgan fingerprint density at radius 1 is 1.25 bits per heavy atom. The van der Waals surface area contributed by atoms with E-state index in [4.69, 9.17) is 0 Å². The number of rotatable bonds is 2. The van der Waals surface area contributed by atoms with E-state index in [1.807, 2.05) is 19.1 Å². The van der Waals surface area contributed by atoms with E-state index in [9.17, 15) is 4.39 Å². The zero-order valence-electron chi connectivity index (χ0n) is 9.67. The fourth-order valence-corrected chi connectivity index (χ4v) is 3.37. The van der Waals surface area contributed by atoms with Gasteiger partial charge in [-0.2, -0.15) is 0 Å². The molecule has 2 aliphatic carbocycles. The molecule has 1 aromatic rings. The van der Waals surface area contributed by atoms with Crippen molar-refractivity contribution in [2.24, 2.45) is 11.8 Å². The first kappa shape index (κ1) is 10.1. The van der Waals surface area contributed by atoms with Crippen molar-refractivity contribution < 1.29 is 4.39 Å². The molecule has 16 heavy (non-hydrogen) atoms. The highest BCUT2D eigenvalue weighted by Crippen LogP contribution is 2.45. The Morgan fingerprint density at radius 2 is 2.12 bits per heavy atom. The van der Waals surface area contributed by atoms with Gasteiger partial charge in [0.1, 0.15) is 5.82 Å². The van der Waals surface area contributed by atoms with Crippen LogP contribution in [0.2, 0.25) is 0 Å². The Bertz CT molecular complexity index is 402. The van der Waals surface area contributed by atoms with Crippen LogP contribution in [0.5, 0.6) is 0 Å². The molecule has 0 amide bonds. The van der Waals surface area contributed by atoms with Gasteiger partial charge in [-0.15, -0.1) is 0 Å². The lowest BCUT2D eigenvalue weighted by Gasteiger charge is -2.24. The number of halogens is 1. The number of hydrogen-bond donors (Lipinski definition) is 1. The van der Waals surface area contributed by atoms with Gasteiger partial charge in [0.15, 0.2) is 0 Å². The molecule has 1 N–H and O–H groups in total. The van der Waals surface area contributed by atoms with Gasteiger partial charge >= 0.3 is 0 Å². The Balaban J connectivity index is 1.76. The predicted octanol–water partition coefficient (Wildman–Crippen LogP) is 3.73. The van der Waals surface area contributed by atoms with Crippen LogP contribution >= 0.6 is 0 Å².